The van der Waals surface area contributed by atoms with Gasteiger partial charge in [0, 0.05) is 51.9 Å². The van der Waals surface area contributed by atoms with Gasteiger partial charge in [0.25, 0.3) is 0 Å². The second kappa shape index (κ2) is 15.0. The van der Waals surface area contributed by atoms with Crippen LogP contribution >= 0.6 is 0 Å². The zero-order chi connectivity index (χ0) is 33.6. The maximum Gasteiger partial charge on any atom is 0.421 e. The van der Waals surface area contributed by atoms with E-state index in [1.54, 1.807) is 7.05 Å². The molecule has 0 atom stereocenters. The van der Waals surface area contributed by atoms with Gasteiger partial charge >= 0.3 is 12.1 Å². The van der Waals surface area contributed by atoms with Crippen LogP contribution in [0.1, 0.15) is 59.8 Å². The number of ether oxygens (including phenoxy) is 4. The summed E-state index contributed by atoms with van der Waals surface area (Å²) < 4.78 is 79.3. The summed E-state index contributed by atoms with van der Waals surface area (Å²) in [7, 11) is 5.51. The number of benzene rings is 1. The first-order valence-corrected chi connectivity index (χ1v) is 14.7. The molecule has 1 saturated carbocycles. The average molecular weight is 652 g/mol. The molecule has 0 spiro atoms. The molecular formula is C31H37F4N5O6. The van der Waals surface area contributed by atoms with Crippen LogP contribution in [0.4, 0.5) is 23.2 Å². The zero-order valence-electron chi connectivity index (χ0n) is 26.3. The van der Waals surface area contributed by atoms with Crippen molar-refractivity contribution >= 4 is 17.6 Å². The number of anilines is 1. The topological polar surface area (TPSA) is 118 Å². The maximum absolute atomic E-state index is 15.8. The van der Waals surface area contributed by atoms with E-state index in [2.05, 4.69) is 22.1 Å². The fourth-order valence-corrected chi connectivity index (χ4v) is 5.53. The highest BCUT2D eigenvalue weighted by molar-refractivity contribution is 6.04. The third-order valence-corrected chi connectivity index (χ3v) is 7.85. The van der Waals surface area contributed by atoms with Crippen LogP contribution in [0.15, 0.2) is 30.6 Å². The lowest BCUT2D eigenvalue weighted by molar-refractivity contribution is -0.139. The van der Waals surface area contributed by atoms with Crippen LogP contribution in [0.3, 0.4) is 0 Å². The highest BCUT2D eigenvalue weighted by Gasteiger charge is 2.38. The number of alkyl halides is 3. The number of carbonyl (C=O) groups is 2. The van der Waals surface area contributed by atoms with Crippen molar-refractivity contribution in [1.82, 2.24) is 20.0 Å². The summed E-state index contributed by atoms with van der Waals surface area (Å²) in [6.45, 7) is 2.08. The molecule has 2 aromatic heterocycles. The summed E-state index contributed by atoms with van der Waals surface area (Å²) in [6, 6.07) is 1.84. The number of rotatable bonds is 12. The lowest BCUT2D eigenvalue weighted by Gasteiger charge is -2.36. The van der Waals surface area contributed by atoms with E-state index in [9.17, 15) is 22.8 Å². The first-order valence-electron chi connectivity index (χ1n) is 14.7. The van der Waals surface area contributed by atoms with Gasteiger partial charge in [-0.25, -0.2) is 14.2 Å². The molecule has 3 aromatic rings. The monoisotopic (exact) mass is 651 g/mol. The van der Waals surface area contributed by atoms with Crippen LogP contribution in [0.5, 0.6) is 11.6 Å². The van der Waals surface area contributed by atoms with Crippen LogP contribution in [0.25, 0.3) is 0 Å². The van der Waals surface area contributed by atoms with Crippen molar-refractivity contribution in [3.8, 4) is 11.6 Å². The van der Waals surface area contributed by atoms with Crippen molar-refractivity contribution in [1.29, 1.82) is 0 Å². The molecule has 1 amide bonds. The Balaban J connectivity index is 1.77. The highest BCUT2D eigenvalue weighted by Crippen LogP contribution is 2.40. The Hall–Kier alpha value is -4.11. The fraction of sp³-hybridized carbons (Fsp3) is 0.516. The molecule has 0 saturated heterocycles. The third-order valence-electron chi connectivity index (χ3n) is 7.85. The molecule has 4 rings (SSSR count). The minimum absolute atomic E-state index is 0.00757. The lowest BCUT2D eigenvalue weighted by atomic mass is 9.82. The van der Waals surface area contributed by atoms with Crippen molar-refractivity contribution in [3.05, 3.63) is 58.8 Å². The maximum atomic E-state index is 15.8. The number of pyridine rings is 1. The molecule has 11 nitrogen and oxygen atoms in total. The Morgan fingerprint density at radius 3 is 2.28 bits per heavy atom. The van der Waals surface area contributed by atoms with Gasteiger partial charge in [-0.3, -0.25) is 4.79 Å². The van der Waals surface area contributed by atoms with Gasteiger partial charge in [0.1, 0.15) is 5.56 Å². The molecule has 0 bridgehead atoms. The normalized spacial score (nSPS) is 16.8. The molecule has 0 radical (unpaired) electrons. The molecule has 0 unspecified atom stereocenters. The van der Waals surface area contributed by atoms with Gasteiger partial charge in [0.15, 0.2) is 11.6 Å². The minimum Gasteiger partial charge on any atom is -0.465 e. The number of hydrogen-bond acceptors (Lipinski definition) is 9. The van der Waals surface area contributed by atoms with E-state index in [-0.39, 0.29) is 42.4 Å². The van der Waals surface area contributed by atoms with E-state index < -0.39 is 47.1 Å². The Morgan fingerprint density at radius 2 is 1.72 bits per heavy atom. The van der Waals surface area contributed by atoms with Crippen LogP contribution in [0.2, 0.25) is 0 Å². The van der Waals surface area contributed by atoms with Crippen molar-refractivity contribution in [2.75, 3.05) is 39.4 Å². The van der Waals surface area contributed by atoms with Crippen molar-refractivity contribution in [2.24, 2.45) is 18.9 Å². The number of halogens is 4. The van der Waals surface area contributed by atoms with E-state index in [1.165, 1.54) is 30.1 Å². The molecule has 0 aliphatic heterocycles. The number of aromatic nitrogens is 4. The fourth-order valence-electron chi connectivity index (χ4n) is 5.53. The molecule has 1 fully saturated rings. The molecule has 2 heterocycles. The predicted molar refractivity (Wildman–Crippen MR) is 157 cm³/mol. The van der Waals surface area contributed by atoms with E-state index in [1.807, 2.05) is 0 Å². The van der Waals surface area contributed by atoms with Gasteiger partial charge in [0.2, 0.25) is 11.8 Å². The second-order valence-electron chi connectivity index (χ2n) is 11.3. The van der Waals surface area contributed by atoms with Gasteiger partial charge in [-0.2, -0.15) is 28.2 Å². The predicted octanol–water partition coefficient (Wildman–Crippen LogP) is 5.36. The first kappa shape index (κ1) is 34.8. The van der Waals surface area contributed by atoms with E-state index in [0.29, 0.717) is 24.5 Å². The van der Waals surface area contributed by atoms with Gasteiger partial charge < -0.3 is 23.8 Å². The largest absolute Gasteiger partial charge is 0.465 e. The Bertz CT molecular complexity index is 1520. The minimum atomic E-state index is -4.92. The summed E-state index contributed by atoms with van der Waals surface area (Å²) >= 11 is 0. The van der Waals surface area contributed by atoms with Crippen LogP contribution < -0.4 is 9.64 Å². The molecule has 15 heteroatoms. The molecule has 1 aromatic carbocycles. The molecule has 46 heavy (non-hydrogen) atoms. The SMILES string of the molecule is COCC(COC)N(c1cc(F)c(Oc2ncc(Cc3cnn(C)n3)cc2C(F)(F)F)cc1C(=O)OC)C(=O)[C@H]1CC[C@H](C)CC1. The molecule has 250 valence electrons. The van der Waals surface area contributed by atoms with E-state index in [4.69, 9.17) is 18.9 Å². The smallest absolute Gasteiger partial charge is 0.421 e. The lowest BCUT2D eigenvalue weighted by Crippen LogP contribution is -2.49. The average Bonchev–Trinajstić information content (AvgIpc) is 3.42. The number of nitrogens with zero attached hydrogens (tertiary/aromatic N) is 5. The van der Waals surface area contributed by atoms with Crippen LogP contribution in [0, 0.1) is 17.7 Å². The van der Waals surface area contributed by atoms with Gasteiger partial charge in [-0.05, 0) is 43.2 Å². The Labute approximate surface area is 263 Å². The Kier molecular flexibility index (Phi) is 11.3. The second-order valence-corrected chi connectivity index (χ2v) is 11.3. The number of carbonyl (C=O) groups excluding carboxylic acids is 2. The molecule has 1 aliphatic carbocycles. The Morgan fingerprint density at radius 1 is 1.04 bits per heavy atom. The zero-order valence-corrected chi connectivity index (χ0v) is 26.3. The summed E-state index contributed by atoms with van der Waals surface area (Å²) in [5, 5.41) is 7.97. The molecule has 0 N–H and O–H groups in total. The summed E-state index contributed by atoms with van der Waals surface area (Å²) in [5.41, 5.74) is -1.14. The summed E-state index contributed by atoms with van der Waals surface area (Å²) in [6.07, 6.45) is 0.484. The van der Waals surface area contributed by atoms with Crippen molar-refractivity contribution in [2.45, 2.75) is 51.2 Å². The van der Waals surface area contributed by atoms with E-state index >= 15 is 4.39 Å². The molecular weight excluding hydrogens is 614 g/mol. The van der Waals surface area contributed by atoms with Crippen LogP contribution in [-0.4, -0.2) is 72.4 Å². The van der Waals surface area contributed by atoms with Gasteiger partial charge in [-0.15, -0.1) is 0 Å². The van der Waals surface area contributed by atoms with Crippen LogP contribution in [-0.2, 0) is 38.6 Å². The highest BCUT2D eigenvalue weighted by atomic mass is 19.4. The number of methoxy groups -OCH3 is 3. The third kappa shape index (κ3) is 8.18. The van der Waals surface area contributed by atoms with Crippen molar-refractivity contribution in [3.63, 3.8) is 0 Å². The number of amides is 1. The quantitative estimate of drug-likeness (QED) is 0.189. The van der Waals surface area contributed by atoms with Gasteiger partial charge in [-0.1, -0.05) is 6.92 Å². The van der Waals surface area contributed by atoms with Gasteiger partial charge in [0.05, 0.1) is 49.5 Å². The molecule has 1 aliphatic rings. The summed E-state index contributed by atoms with van der Waals surface area (Å²) in [5.74, 6) is -4.07. The number of hydrogen-bond donors (Lipinski definition) is 0. The van der Waals surface area contributed by atoms with E-state index in [0.717, 1.165) is 44.3 Å². The standard InChI is InChI=1S/C31H37F4N5O6/c1-18-6-8-20(9-7-18)29(41)40(22(16-43-3)17-44-4)26-13-25(32)27(12-23(26)30(42)45-5)46-28-24(31(33,34)35)11-19(14-36-28)10-21-15-37-39(2)38-21/h11-15,18,20,22H,6-10,16-17H2,1-5H3/t18-,20-. The first-order chi connectivity index (χ1) is 21.9. The number of esters is 1. The summed E-state index contributed by atoms with van der Waals surface area (Å²) in [4.78, 5) is 33.5. The number of aryl methyl sites for hydroxylation is 1. The van der Waals surface area contributed by atoms with Crippen molar-refractivity contribution < 1.29 is 46.1 Å².